The molecule has 1 nitrogen and oxygen atoms in total. The highest BCUT2D eigenvalue weighted by Gasteiger charge is 1.98. The highest BCUT2D eigenvalue weighted by Crippen LogP contribution is 2.24. The minimum absolute atomic E-state index is 0.961. The second kappa shape index (κ2) is 8.30. The zero-order valence-electron chi connectivity index (χ0n) is 9.95. The van der Waals surface area contributed by atoms with Gasteiger partial charge in [-0.05, 0) is 31.4 Å². The van der Waals surface area contributed by atoms with Crippen LogP contribution < -0.4 is 0 Å². The number of aromatic nitrogens is 1. The maximum Gasteiger partial charge on any atom is 0.0765 e. The summed E-state index contributed by atoms with van der Waals surface area (Å²) in [6.45, 7) is 11.9. The molecule has 1 heterocycles. The van der Waals surface area contributed by atoms with Crippen molar-refractivity contribution in [3.8, 4) is 0 Å². The molecule has 0 unspecified atom stereocenters. The molecule has 82 valence electrons. The fourth-order valence-electron chi connectivity index (χ4n) is 0.909. The molecule has 0 aliphatic heterocycles. The Hall–Kier alpha value is -1.02. The monoisotopic (exact) mass is 221 g/mol. The van der Waals surface area contributed by atoms with E-state index >= 15 is 0 Å². The van der Waals surface area contributed by atoms with Crippen LogP contribution >= 0.6 is 11.8 Å². The van der Waals surface area contributed by atoms with Crippen LogP contribution in [0.15, 0.2) is 36.3 Å². The molecule has 15 heavy (non-hydrogen) atoms. The quantitative estimate of drug-likeness (QED) is 0.736. The average Bonchev–Trinajstić information content (AvgIpc) is 2.28. The molecule has 0 saturated carbocycles. The molecule has 0 amide bonds. The molecule has 0 radical (unpaired) electrons. The van der Waals surface area contributed by atoms with Gasteiger partial charge in [0.15, 0.2) is 0 Å². The van der Waals surface area contributed by atoms with E-state index in [1.165, 1.54) is 0 Å². The number of nitrogens with zero attached hydrogens (tertiary/aromatic N) is 1. The molecular formula is C13H19NS. The lowest BCUT2D eigenvalue weighted by Crippen LogP contribution is -1.86. The standard InChI is InChI=1S/C11H13NS.C2H6/c1-4-8-13-10(3)11-7-5-6-9(2)12-11;1-2/h4-8H,3H2,1-2H3;1-2H3/b8-4-;. The average molecular weight is 221 g/mol. The Morgan fingerprint density at radius 2 is 2.07 bits per heavy atom. The Labute approximate surface area is 97.3 Å². The zero-order chi connectivity index (χ0) is 11.7. The zero-order valence-corrected chi connectivity index (χ0v) is 10.8. The van der Waals surface area contributed by atoms with E-state index < -0.39 is 0 Å². The number of allylic oxidation sites excluding steroid dienone is 1. The number of thioether (sulfide) groups is 1. The lowest BCUT2D eigenvalue weighted by molar-refractivity contribution is 1.18. The Morgan fingerprint density at radius 1 is 1.40 bits per heavy atom. The van der Waals surface area contributed by atoms with Gasteiger partial charge in [0.25, 0.3) is 0 Å². The van der Waals surface area contributed by atoms with Gasteiger partial charge in [-0.25, -0.2) is 0 Å². The Morgan fingerprint density at radius 3 is 2.60 bits per heavy atom. The van der Waals surface area contributed by atoms with Crippen molar-refractivity contribution in [2.24, 2.45) is 0 Å². The van der Waals surface area contributed by atoms with Crippen molar-refractivity contribution in [1.82, 2.24) is 4.98 Å². The summed E-state index contributed by atoms with van der Waals surface area (Å²) >= 11 is 1.60. The summed E-state index contributed by atoms with van der Waals surface area (Å²) < 4.78 is 0. The summed E-state index contributed by atoms with van der Waals surface area (Å²) in [5, 5.41) is 2.01. The summed E-state index contributed by atoms with van der Waals surface area (Å²) in [6, 6.07) is 5.96. The van der Waals surface area contributed by atoms with Crippen LogP contribution in [-0.4, -0.2) is 4.98 Å². The van der Waals surface area contributed by atoms with Crippen LogP contribution in [0, 0.1) is 6.92 Å². The number of hydrogen-bond donors (Lipinski definition) is 0. The molecule has 1 rings (SSSR count). The Bertz CT molecular complexity index is 329. The highest BCUT2D eigenvalue weighted by atomic mass is 32.2. The number of hydrogen-bond acceptors (Lipinski definition) is 2. The van der Waals surface area contributed by atoms with E-state index in [0.717, 1.165) is 16.3 Å². The van der Waals surface area contributed by atoms with Gasteiger partial charge < -0.3 is 0 Å². The molecule has 0 aromatic carbocycles. The van der Waals surface area contributed by atoms with Gasteiger partial charge in [0.05, 0.1) is 5.69 Å². The van der Waals surface area contributed by atoms with Crippen molar-refractivity contribution in [1.29, 1.82) is 0 Å². The second-order valence-corrected chi connectivity index (χ2v) is 3.68. The van der Waals surface area contributed by atoms with Crippen LogP contribution in [0.3, 0.4) is 0 Å². The normalized spacial score (nSPS) is 9.60. The van der Waals surface area contributed by atoms with Crippen molar-refractivity contribution in [2.75, 3.05) is 0 Å². The third-order valence-electron chi connectivity index (χ3n) is 1.52. The maximum atomic E-state index is 4.37. The molecular weight excluding hydrogens is 202 g/mol. The van der Waals surface area contributed by atoms with Gasteiger partial charge in [-0.2, -0.15) is 0 Å². The Kier molecular flexibility index (Phi) is 7.74. The summed E-state index contributed by atoms with van der Waals surface area (Å²) in [5.74, 6) is 0. The Balaban J connectivity index is 0.000000921. The topological polar surface area (TPSA) is 12.9 Å². The molecule has 1 aromatic rings. The maximum absolute atomic E-state index is 4.37. The van der Waals surface area contributed by atoms with E-state index in [0.29, 0.717) is 0 Å². The van der Waals surface area contributed by atoms with Gasteiger partial charge in [-0.15, -0.1) is 0 Å². The molecule has 0 N–H and O–H groups in total. The van der Waals surface area contributed by atoms with Crippen LogP contribution in [-0.2, 0) is 0 Å². The first-order valence-electron chi connectivity index (χ1n) is 5.15. The molecule has 0 aliphatic rings. The van der Waals surface area contributed by atoms with Crippen molar-refractivity contribution >= 4 is 16.7 Å². The van der Waals surface area contributed by atoms with E-state index in [1.807, 2.05) is 57.4 Å². The van der Waals surface area contributed by atoms with Gasteiger partial charge in [0, 0.05) is 10.6 Å². The second-order valence-electron chi connectivity index (χ2n) is 2.67. The first-order valence-corrected chi connectivity index (χ1v) is 6.02. The minimum Gasteiger partial charge on any atom is -0.253 e. The van der Waals surface area contributed by atoms with Crippen LogP contribution in [0.1, 0.15) is 32.2 Å². The third-order valence-corrected chi connectivity index (χ3v) is 2.42. The molecule has 0 fully saturated rings. The summed E-state index contributed by atoms with van der Waals surface area (Å²) in [4.78, 5) is 5.36. The summed E-state index contributed by atoms with van der Waals surface area (Å²) in [7, 11) is 0. The number of rotatable bonds is 3. The van der Waals surface area contributed by atoms with Crippen LogP contribution in [0.25, 0.3) is 4.91 Å². The fourth-order valence-corrected chi connectivity index (χ4v) is 1.44. The smallest absolute Gasteiger partial charge is 0.0765 e. The van der Waals surface area contributed by atoms with Gasteiger partial charge in [-0.1, -0.05) is 44.3 Å². The van der Waals surface area contributed by atoms with Gasteiger partial charge >= 0.3 is 0 Å². The molecule has 0 bridgehead atoms. The molecule has 0 atom stereocenters. The molecule has 0 spiro atoms. The minimum atomic E-state index is 0.961. The predicted octanol–water partition coefficient (Wildman–Crippen LogP) is 4.65. The highest BCUT2D eigenvalue weighted by molar-refractivity contribution is 8.10. The van der Waals surface area contributed by atoms with Crippen LogP contribution in [0.4, 0.5) is 0 Å². The van der Waals surface area contributed by atoms with E-state index in [4.69, 9.17) is 0 Å². The van der Waals surface area contributed by atoms with E-state index in [1.54, 1.807) is 11.8 Å². The van der Waals surface area contributed by atoms with E-state index in [-0.39, 0.29) is 0 Å². The summed E-state index contributed by atoms with van der Waals surface area (Å²) in [5.41, 5.74) is 1.99. The first kappa shape index (κ1) is 14.0. The predicted molar refractivity (Wildman–Crippen MR) is 71.8 cm³/mol. The lowest BCUT2D eigenvalue weighted by atomic mass is 10.3. The molecule has 0 aliphatic carbocycles. The van der Waals surface area contributed by atoms with Crippen LogP contribution in [0.2, 0.25) is 0 Å². The van der Waals surface area contributed by atoms with Crippen molar-refractivity contribution < 1.29 is 0 Å². The van der Waals surface area contributed by atoms with Crippen molar-refractivity contribution in [2.45, 2.75) is 27.7 Å². The first-order chi connectivity index (χ1) is 7.24. The summed E-state index contributed by atoms with van der Waals surface area (Å²) in [6.07, 6.45) is 1.99. The number of aryl methyl sites for hydroxylation is 1. The van der Waals surface area contributed by atoms with E-state index in [2.05, 4.69) is 11.6 Å². The molecule has 0 saturated heterocycles. The molecule has 1 aromatic heterocycles. The lowest BCUT2D eigenvalue weighted by Gasteiger charge is -2.01. The van der Waals surface area contributed by atoms with Crippen molar-refractivity contribution in [3.63, 3.8) is 0 Å². The SMILES string of the molecule is C=C(S/C=C\C)c1cccc(C)n1.CC. The third kappa shape index (κ3) is 5.43. The largest absolute Gasteiger partial charge is 0.253 e. The van der Waals surface area contributed by atoms with Crippen molar-refractivity contribution in [3.05, 3.63) is 47.6 Å². The van der Waals surface area contributed by atoms with Gasteiger partial charge in [0.2, 0.25) is 0 Å². The molecule has 2 heteroatoms. The van der Waals surface area contributed by atoms with Gasteiger partial charge in [0.1, 0.15) is 0 Å². The van der Waals surface area contributed by atoms with Crippen LogP contribution in [0.5, 0.6) is 0 Å². The fraction of sp³-hybridized carbons (Fsp3) is 0.308. The number of pyridine rings is 1. The van der Waals surface area contributed by atoms with Gasteiger partial charge in [-0.3, -0.25) is 4.98 Å². The van der Waals surface area contributed by atoms with E-state index in [9.17, 15) is 0 Å².